The van der Waals surface area contributed by atoms with Crippen molar-refractivity contribution in [2.45, 2.75) is 25.7 Å². The topological polar surface area (TPSA) is 26.3 Å². The van der Waals surface area contributed by atoms with Crippen LogP contribution in [0.25, 0.3) is 0 Å². The number of ketones is 1. The van der Waals surface area contributed by atoms with E-state index >= 15 is 0 Å². The van der Waals surface area contributed by atoms with Gasteiger partial charge in [0.1, 0.15) is 12.4 Å². The lowest BCUT2D eigenvalue weighted by Crippen LogP contribution is -2.19. The number of ether oxygens (including phenoxy) is 1. The van der Waals surface area contributed by atoms with Gasteiger partial charge in [0.15, 0.2) is 5.78 Å². The maximum absolute atomic E-state index is 11.8. The number of rotatable bonds is 4. The molecular formula is C13H15IO2. The summed E-state index contributed by atoms with van der Waals surface area (Å²) < 4.78 is 6.63. The zero-order valence-corrected chi connectivity index (χ0v) is 11.3. The third-order valence-corrected chi connectivity index (χ3v) is 3.66. The fourth-order valence-electron chi connectivity index (χ4n) is 2.08. The number of carbonyl (C=O) groups is 1. The molecule has 0 spiro atoms. The summed E-state index contributed by atoms with van der Waals surface area (Å²) in [4.78, 5) is 11.8. The minimum atomic E-state index is 0.227. The van der Waals surface area contributed by atoms with Crippen molar-refractivity contribution in [3.63, 3.8) is 0 Å². The molecule has 0 aliphatic heterocycles. The van der Waals surface area contributed by atoms with E-state index in [0.29, 0.717) is 0 Å². The normalized spacial score (nSPS) is 16.3. The molecule has 0 amide bonds. The van der Waals surface area contributed by atoms with Crippen LogP contribution in [0.5, 0.6) is 5.75 Å². The second kappa shape index (κ2) is 5.66. The Morgan fingerprint density at radius 3 is 2.81 bits per heavy atom. The number of hydrogen-bond donors (Lipinski definition) is 0. The zero-order chi connectivity index (χ0) is 11.4. The maximum Gasteiger partial charge on any atom is 0.173 e. The van der Waals surface area contributed by atoms with Gasteiger partial charge in [0, 0.05) is 9.49 Å². The van der Waals surface area contributed by atoms with Crippen LogP contribution in [-0.2, 0) is 4.79 Å². The van der Waals surface area contributed by atoms with E-state index in [4.69, 9.17) is 4.74 Å². The fraction of sp³-hybridized carbons (Fsp3) is 0.462. The van der Waals surface area contributed by atoms with Crippen LogP contribution in [0.15, 0.2) is 24.3 Å². The van der Waals surface area contributed by atoms with Crippen molar-refractivity contribution < 1.29 is 9.53 Å². The van der Waals surface area contributed by atoms with Gasteiger partial charge in [0.25, 0.3) is 0 Å². The molecule has 86 valence electrons. The van der Waals surface area contributed by atoms with Gasteiger partial charge in [-0.3, -0.25) is 4.79 Å². The second-order valence-electron chi connectivity index (χ2n) is 4.19. The first-order chi connectivity index (χ1) is 7.75. The summed E-state index contributed by atoms with van der Waals surface area (Å²) >= 11 is 2.24. The molecule has 0 radical (unpaired) electrons. The highest BCUT2D eigenvalue weighted by Gasteiger charge is 2.22. The summed E-state index contributed by atoms with van der Waals surface area (Å²) in [7, 11) is 0. The monoisotopic (exact) mass is 330 g/mol. The van der Waals surface area contributed by atoms with Crippen molar-refractivity contribution in [3.8, 4) is 5.75 Å². The number of hydrogen-bond acceptors (Lipinski definition) is 2. The van der Waals surface area contributed by atoms with Crippen molar-refractivity contribution in [1.29, 1.82) is 0 Å². The van der Waals surface area contributed by atoms with Crippen molar-refractivity contribution in [3.05, 3.63) is 27.8 Å². The first kappa shape index (κ1) is 11.9. The first-order valence-electron chi connectivity index (χ1n) is 5.67. The van der Waals surface area contributed by atoms with Gasteiger partial charge >= 0.3 is 0 Å². The molecule has 0 heterocycles. The summed E-state index contributed by atoms with van der Waals surface area (Å²) in [6, 6.07) is 7.79. The van der Waals surface area contributed by atoms with E-state index in [1.807, 2.05) is 24.3 Å². The van der Waals surface area contributed by atoms with Gasteiger partial charge in [-0.25, -0.2) is 0 Å². The fourth-order valence-corrected chi connectivity index (χ4v) is 2.59. The minimum absolute atomic E-state index is 0.227. The molecule has 0 unspecified atom stereocenters. The van der Waals surface area contributed by atoms with Gasteiger partial charge in [-0.2, -0.15) is 0 Å². The molecule has 0 atom stereocenters. The smallest absolute Gasteiger partial charge is 0.173 e. The quantitative estimate of drug-likeness (QED) is 0.791. The highest BCUT2D eigenvalue weighted by Crippen LogP contribution is 2.25. The lowest BCUT2D eigenvalue weighted by atomic mass is 10.0. The zero-order valence-electron chi connectivity index (χ0n) is 9.12. The van der Waals surface area contributed by atoms with Crippen molar-refractivity contribution in [2.75, 3.05) is 6.61 Å². The van der Waals surface area contributed by atoms with Gasteiger partial charge in [0.05, 0.1) is 0 Å². The molecule has 1 aliphatic rings. The van der Waals surface area contributed by atoms with E-state index in [0.717, 1.165) is 22.2 Å². The van der Waals surface area contributed by atoms with Gasteiger partial charge in [-0.15, -0.1) is 0 Å². The Labute approximate surface area is 110 Å². The van der Waals surface area contributed by atoms with E-state index in [9.17, 15) is 4.79 Å². The molecule has 2 rings (SSSR count). The number of Topliss-reactive ketones (excluding diaryl/α,β-unsaturated/α-hetero) is 1. The van der Waals surface area contributed by atoms with Crippen LogP contribution in [0.3, 0.4) is 0 Å². The molecule has 1 aromatic rings. The Morgan fingerprint density at radius 1 is 1.38 bits per heavy atom. The predicted octanol–water partition coefficient (Wildman–Crippen LogP) is 3.43. The Morgan fingerprint density at radius 2 is 2.12 bits per heavy atom. The highest BCUT2D eigenvalue weighted by molar-refractivity contribution is 14.1. The van der Waals surface area contributed by atoms with Crippen LogP contribution in [0.1, 0.15) is 25.7 Å². The van der Waals surface area contributed by atoms with Gasteiger partial charge < -0.3 is 4.74 Å². The van der Waals surface area contributed by atoms with Crippen LogP contribution in [0.2, 0.25) is 0 Å². The second-order valence-corrected chi connectivity index (χ2v) is 5.44. The predicted molar refractivity (Wildman–Crippen MR) is 71.6 cm³/mol. The highest BCUT2D eigenvalue weighted by atomic mass is 127. The summed E-state index contributed by atoms with van der Waals surface area (Å²) in [6.07, 6.45) is 4.49. The first-order valence-corrected chi connectivity index (χ1v) is 6.74. The van der Waals surface area contributed by atoms with Crippen molar-refractivity contribution in [1.82, 2.24) is 0 Å². The lowest BCUT2D eigenvalue weighted by molar-refractivity contribution is -0.124. The summed E-state index contributed by atoms with van der Waals surface area (Å²) in [5.74, 6) is 1.30. The standard InChI is InChI=1S/C13H15IO2/c14-11-6-3-7-12(8-11)16-9-13(15)10-4-1-2-5-10/h3,6-8,10H,1-2,4-5,9H2. The van der Waals surface area contributed by atoms with E-state index < -0.39 is 0 Å². The summed E-state index contributed by atoms with van der Waals surface area (Å²) in [6.45, 7) is 0.227. The van der Waals surface area contributed by atoms with E-state index in [1.54, 1.807) is 0 Å². The van der Waals surface area contributed by atoms with Crippen LogP contribution in [0, 0.1) is 9.49 Å². The summed E-state index contributed by atoms with van der Waals surface area (Å²) in [5, 5.41) is 0. The largest absolute Gasteiger partial charge is 0.486 e. The summed E-state index contributed by atoms with van der Waals surface area (Å²) in [5.41, 5.74) is 0. The molecule has 1 fully saturated rings. The molecule has 1 saturated carbocycles. The van der Waals surface area contributed by atoms with E-state index in [-0.39, 0.29) is 18.3 Å². The average molecular weight is 330 g/mol. The van der Waals surface area contributed by atoms with E-state index in [1.165, 1.54) is 12.8 Å². The van der Waals surface area contributed by atoms with Crippen LogP contribution in [-0.4, -0.2) is 12.4 Å². The van der Waals surface area contributed by atoms with Crippen LogP contribution >= 0.6 is 22.6 Å². The molecule has 0 N–H and O–H groups in total. The molecule has 0 saturated heterocycles. The molecule has 16 heavy (non-hydrogen) atoms. The molecule has 0 aromatic heterocycles. The minimum Gasteiger partial charge on any atom is -0.486 e. The number of carbonyl (C=O) groups excluding carboxylic acids is 1. The van der Waals surface area contributed by atoms with Crippen molar-refractivity contribution in [2.24, 2.45) is 5.92 Å². The Bertz CT molecular complexity index is 370. The third kappa shape index (κ3) is 3.20. The molecule has 3 heteroatoms. The maximum atomic E-state index is 11.8. The lowest BCUT2D eigenvalue weighted by Gasteiger charge is -2.09. The van der Waals surface area contributed by atoms with Crippen LogP contribution < -0.4 is 4.74 Å². The molecule has 2 nitrogen and oxygen atoms in total. The Balaban J connectivity index is 1.84. The van der Waals surface area contributed by atoms with Crippen molar-refractivity contribution >= 4 is 28.4 Å². The molecule has 1 aromatic carbocycles. The molecule has 1 aliphatic carbocycles. The SMILES string of the molecule is O=C(COc1cccc(I)c1)C1CCCC1. The third-order valence-electron chi connectivity index (χ3n) is 2.99. The number of benzene rings is 1. The van der Waals surface area contributed by atoms with Gasteiger partial charge in [-0.05, 0) is 53.6 Å². The van der Waals surface area contributed by atoms with Gasteiger partial charge in [-0.1, -0.05) is 18.9 Å². The van der Waals surface area contributed by atoms with E-state index in [2.05, 4.69) is 22.6 Å². The average Bonchev–Trinajstić information content (AvgIpc) is 2.79. The number of halogens is 1. The molecular weight excluding hydrogens is 315 g/mol. The van der Waals surface area contributed by atoms with Crippen LogP contribution in [0.4, 0.5) is 0 Å². The Kier molecular flexibility index (Phi) is 4.21. The van der Waals surface area contributed by atoms with Gasteiger partial charge in [0.2, 0.25) is 0 Å². The molecule has 0 bridgehead atoms. The Hall–Kier alpha value is -0.580.